The molecule has 1 unspecified atom stereocenters. The van der Waals surface area contributed by atoms with Gasteiger partial charge in [0.15, 0.2) is 12.6 Å². The fourth-order valence-electron chi connectivity index (χ4n) is 3.25. The third kappa shape index (κ3) is 4.95. The third-order valence-electron chi connectivity index (χ3n) is 5.13. The Labute approximate surface area is 160 Å². The lowest BCUT2D eigenvalue weighted by molar-refractivity contribution is -0.894. The zero-order valence-corrected chi connectivity index (χ0v) is 16.2. The number of quaternary nitrogens is 1. The topological polar surface area (TPSA) is 62.6 Å². The first-order valence-corrected chi connectivity index (χ1v) is 9.49. The smallest absolute Gasteiger partial charge is 0.283 e. The SMILES string of the molecule is Cc1cccc(NC(=O)C[NH+](C)[C@H](C(=O)NC2CC2)c2ccccc2)c1C. The first kappa shape index (κ1) is 19.1. The van der Waals surface area contributed by atoms with Gasteiger partial charge < -0.3 is 15.5 Å². The third-order valence-corrected chi connectivity index (χ3v) is 5.13. The maximum atomic E-state index is 12.8. The van der Waals surface area contributed by atoms with Gasteiger partial charge in [0.1, 0.15) is 0 Å². The van der Waals surface area contributed by atoms with Crippen molar-refractivity contribution in [2.45, 2.75) is 38.8 Å². The van der Waals surface area contributed by atoms with Crippen LogP contribution in [-0.2, 0) is 9.59 Å². The number of hydrogen-bond donors (Lipinski definition) is 3. The van der Waals surface area contributed by atoms with Gasteiger partial charge in [-0.3, -0.25) is 9.59 Å². The molecule has 142 valence electrons. The van der Waals surface area contributed by atoms with Crippen molar-refractivity contribution < 1.29 is 14.5 Å². The number of carbonyl (C=O) groups is 2. The van der Waals surface area contributed by atoms with Crippen LogP contribution >= 0.6 is 0 Å². The lowest BCUT2D eigenvalue weighted by atomic mass is 10.0. The van der Waals surface area contributed by atoms with Gasteiger partial charge in [-0.1, -0.05) is 42.5 Å². The molecule has 5 nitrogen and oxygen atoms in total. The number of amides is 2. The average molecular weight is 366 g/mol. The van der Waals surface area contributed by atoms with Crippen molar-refractivity contribution in [2.24, 2.45) is 0 Å². The second kappa shape index (κ2) is 8.35. The Hall–Kier alpha value is -2.66. The van der Waals surface area contributed by atoms with E-state index < -0.39 is 6.04 Å². The zero-order chi connectivity index (χ0) is 19.4. The monoisotopic (exact) mass is 366 g/mol. The lowest BCUT2D eigenvalue weighted by Gasteiger charge is -2.24. The minimum Gasteiger partial charge on any atom is -0.348 e. The van der Waals surface area contributed by atoms with Crippen LogP contribution in [0.1, 0.15) is 35.6 Å². The van der Waals surface area contributed by atoms with Gasteiger partial charge in [0.2, 0.25) is 0 Å². The van der Waals surface area contributed by atoms with Gasteiger partial charge in [-0.2, -0.15) is 0 Å². The van der Waals surface area contributed by atoms with Gasteiger partial charge in [0.25, 0.3) is 11.8 Å². The molecule has 0 aliphatic heterocycles. The predicted octanol–water partition coefficient (Wildman–Crippen LogP) is 1.78. The molecular weight excluding hydrogens is 338 g/mol. The molecule has 2 atom stereocenters. The highest BCUT2D eigenvalue weighted by Gasteiger charge is 2.34. The molecule has 27 heavy (non-hydrogen) atoms. The normalized spacial score (nSPS) is 15.7. The summed E-state index contributed by atoms with van der Waals surface area (Å²) in [6.07, 6.45) is 2.08. The van der Waals surface area contributed by atoms with Gasteiger partial charge in [0.05, 0.1) is 7.05 Å². The zero-order valence-electron chi connectivity index (χ0n) is 16.2. The predicted molar refractivity (Wildman–Crippen MR) is 107 cm³/mol. The molecular formula is C22H28N3O2+. The summed E-state index contributed by atoms with van der Waals surface area (Å²) in [6, 6.07) is 15.4. The minimum atomic E-state index is -0.406. The van der Waals surface area contributed by atoms with Gasteiger partial charge in [0, 0.05) is 17.3 Å². The van der Waals surface area contributed by atoms with Crippen molar-refractivity contribution in [3.05, 3.63) is 65.2 Å². The Balaban J connectivity index is 1.71. The van der Waals surface area contributed by atoms with Crippen LogP contribution in [-0.4, -0.2) is 31.4 Å². The summed E-state index contributed by atoms with van der Waals surface area (Å²) in [5.74, 6) is -0.109. The van der Waals surface area contributed by atoms with E-state index in [1.54, 1.807) is 0 Å². The fourth-order valence-corrected chi connectivity index (χ4v) is 3.25. The molecule has 1 aliphatic rings. The molecule has 2 aromatic rings. The Morgan fingerprint density at radius 2 is 1.78 bits per heavy atom. The summed E-state index contributed by atoms with van der Waals surface area (Å²) in [4.78, 5) is 26.3. The number of benzene rings is 2. The fraction of sp³-hybridized carbons (Fsp3) is 0.364. The summed E-state index contributed by atoms with van der Waals surface area (Å²) < 4.78 is 0. The van der Waals surface area contributed by atoms with E-state index in [-0.39, 0.29) is 18.4 Å². The Bertz CT molecular complexity index is 816. The summed E-state index contributed by atoms with van der Waals surface area (Å²) >= 11 is 0. The molecule has 0 heterocycles. The number of carbonyl (C=O) groups excluding carboxylic acids is 2. The number of rotatable bonds is 7. The summed E-state index contributed by atoms with van der Waals surface area (Å²) in [7, 11) is 1.90. The molecule has 0 aromatic heterocycles. The first-order valence-electron chi connectivity index (χ1n) is 9.49. The van der Waals surface area contributed by atoms with Crippen LogP contribution in [0, 0.1) is 13.8 Å². The van der Waals surface area contributed by atoms with Crippen LogP contribution in [0.3, 0.4) is 0 Å². The maximum absolute atomic E-state index is 12.8. The second-order valence-corrected chi connectivity index (χ2v) is 7.45. The quantitative estimate of drug-likeness (QED) is 0.699. The van der Waals surface area contributed by atoms with Gasteiger partial charge in [-0.25, -0.2) is 0 Å². The highest BCUT2D eigenvalue weighted by atomic mass is 16.2. The Morgan fingerprint density at radius 1 is 1.07 bits per heavy atom. The van der Waals surface area contributed by atoms with Crippen LogP contribution in [0.5, 0.6) is 0 Å². The molecule has 1 aliphatic carbocycles. The van der Waals surface area contributed by atoms with Crippen molar-refractivity contribution in [3.63, 3.8) is 0 Å². The van der Waals surface area contributed by atoms with Crippen molar-refractivity contribution in [2.75, 3.05) is 18.9 Å². The van der Waals surface area contributed by atoms with Crippen LogP contribution in [0.15, 0.2) is 48.5 Å². The van der Waals surface area contributed by atoms with Crippen molar-refractivity contribution >= 4 is 17.5 Å². The highest BCUT2D eigenvalue weighted by molar-refractivity contribution is 5.92. The molecule has 3 rings (SSSR count). The van der Waals surface area contributed by atoms with Gasteiger partial charge in [-0.15, -0.1) is 0 Å². The Morgan fingerprint density at radius 3 is 2.44 bits per heavy atom. The molecule has 0 bridgehead atoms. The van der Waals surface area contributed by atoms with Crippen LogP contribution in [0.25, 0.3) is 0 Å². The van der Waals surface area contributed by atoms with Crippen molar-refractivity contribution in [3.8, 4) is 0 Å². The van der Waals surface area contributed by atoms with E-state index >= 15 is 0 Å². The molecule has 3 N–H and O–H groups in total. The minimum absolute atomic E-state index is 0.0132. The molecule has 2 aromatic carbocycles. The number of aryl methyl sites for hydroxylation is 1. The number of hydrogen-bond acceptors (Lipinski definition) is 2. The standard InChI is InChI=1S/C22H27N3O2/c1-15-8-7-11-19(16(15)2)24-20(26)14-25(3)21(17-9-5-4-6-10-17)22(27)23-18-12-13-18/h4-11,18,21H,12-14H2,1-3H3,(H,23,27)(H,24,26)/p+1/t21-/m0/s1. The van der Waals surface area contributed by atoms with E-state index in [0.717, 1.165) is 40.1 Å². The van der Waals surface area contributed by atoms with Crippen molar-refractivity contribution in [1.82, 2.24) is 5.32 Å². The highest BCUT2D eigenvalue weighted by Crippen LogP contribution is 2.20. The van der Waals surface area contributed by atoms with Crippen molar-refractivity contribution in [1.29, 1.82) is 0 Å². The van der Waals surface area contributed by atoms with E-state index in [1.165, 1.54) is 0 Å². The van der Waals surface area contributed by atoms with Crippen LogP contribution in [0.4, 0.5) is 5.69 Å². The van der Waals surface area contributed by atoms with E-state index in [1.807, 2.05) is 69.4 Å². The van der Waals surface area contributed by atoms with E-state index in [9.17, 15) is 9.59 Å². The molecule has 0 saturated heterocycles. The first-order chi connectivity index (χ1) is 13.0. The molecule has 0 radical (unpaired) electrons. The van der Waals surface area contributed by atoms with Crippen LogP contribution in [0.2, 0.25) is 0 Å². The summed E-state index contributed by atoms with van der Waals surface area (Å²) in [5.41, 5.74) is 3.95. The molecule has 2 amide bonds. The lowest BCUT2D eigenvalue weighted by Crippen LogP contribution is -3.11. The van der Waals surface area contributed by atoms with E-state index in [2.05, 4.69) is 10.6 Å². The molecule has 5 heteroatoms. The average Bonchev–Trinajstić information content (AvgIpc) is 3.44. The van der Waals surface area contributed by atoms with Gasteiger partial charge >= 0.3 is 0 Å². The maximum Gasteiger partial charge on any atom is 0.283 e. The molecule has 1 fully saturated rings. The Kier molecular flexibility index (Phi) is 5.91. The summed E-state index contributed by atoms with van der Waals surface area (Å²) in [5, 5.41) is 6.07. The van der Waals surface area contributed by atoms with E-state index in [0.29, 0.717) is 6.04 Å². The van der Waals surface area contributed by atoms with E-state index in [4.69, 9.17) is 0 Å². The largest absolute Gasteiger partial charge is 0.348 e. The van der Waals surface area contributed by atoms with Gasteiger partial charge in [-0.05, 0) is 43.9 Å². The molecule has 1 saturated carbocycles. The summed E-state index contributed by atoms with van der Waals surface area (Å²) in [6.45, 7) is 4.23. The number of likely N-dealkylation sites (N-methyl/N-ethyl adjacent to an activating group) is 1. The number of anilines is 1. The molecule has 0 spiro atoms. The van der Waals surface area contributed by atoms with Crippen LogP contribution < -0.4 is 15.5 Å². The second-order valence-electron chi connectivity index (χ2n) is 7.45. The number of nitrogens with one attached hydrogen (secondary N) is 3.